The van der Waals surface area contributed by atoms with Gasteiger partial charge in [0.1, 0.15) is 5.82 Å². The van der Waals surface area contributed by atoms with Crippen LogP contribution in [-0.2, 0) is 0 Å². The van der Waals surface area contributed by atoms with E-state index in [0.29, 0.717) is 6.04 Å². The minimum atomic E-state index is -0.0601. The van der Waals surface area contributed by atoms with Gasteiger partial charge in [0, 0.05) is 11.6 Å². The lowest BCUT2D eigenvalue weighted by atomic mass is 9.96. The van der Waals surface area contributed by atoms with E-state index < -0.39 is 0 Å². The smallest absolute Gasteiger partial charge is 0.257 e. The van der Waals surface area contributed by atoms with Gasteiger partial charge in [-0.2, -0.15) is 5.10 Å². The van der Waals surface area contributed by atoms with E-state index in [4.69, 9.17) is 0 Å². The maximum atomic E-state index is 12.5. The summed E-state index contributed by atoms with van der Waals surface area (Å²) in [5, 5.41) is 7.45. The summed E-state index contributed by atoms with van der Waals surface area (Å²) in [4.78, 5) is 12.5. The van der Waals surface area contributed by atoms with Crippen molar-refractivity contribution in [1.29, 1.82) is 0 Å². The number of carbonyl (C=O) groups excluding carboxylic acids is 1. The van der Waals surface area contributed by atoms with Crippen LogP contribution < -0.4 is 5.32 Å². The van der Waals surface area contributed by atoms with Crippen molar-refractivity contribution in [3.63, 3.8) is 0 Å². The molecule has 116 valence electrons. The number of rotatable bonds is 3. The Labute approximate surface area is 131 Å². The SMILES string of the molecule is Cc1ccc(C(=O)Nc2ccnn2C2CCCCC2)c(C)c1. The fourth-order valence-electron chi connectivity index (χ4n) is 3.28. The molecule has 1 aromatic heterocycles. The molecule has 0 bridgehead atoms. The van der Waals surface area contributed by atoms with Gasteiger partial charge in [-0.1, -0.05) is 37.0 Å². The summed E-state index contributed by atoms with van der Waals surface area (Å²) in [5.74, 6) is 0.743. The summed E-state index contributed by atoms with van der Waals surface area (Å²) in [5.41, 5.74) is 2.89. The van der Waals surface area contributed by atoms with Crippen LogP contribution in [0.3, 0.4) is 0 Å². The Morgan fingerprint density at radius 2 is 1.95 bits per heavy atom. The summed E-state index contributed by atoms with van der Waals surface area (Å²) in [6, 6.07) is 8.20. The van der Waals surface area contributed by atoms with Gasteiger partial charge in [-0.05, 0) is 38.3 Å². The normalized spacial score (nSPS) is 15.7. The summed E-state index contributed by atoms with van der Waals surface area (Å²) >= 11 is 0. The molecule has 1 aromatic carbocycles. The van der Waals surface area contributed by atoms with Gasteiger partial charge in [-0.25, -0.2) is 4.68 Å². The molecule has 0 aliphatic heterocycles. The zero-order valence-electron chi connectivity index (χ0n) is 13.3. The second-order valence-electron chi connectivity index (χ2n) is 6.23. The van der Waals surface area contributed by atoms with Crippen molar-refractivity contribution in [1.82, 2.24) is 9.78 Å². The second-order valence-corrected chi connectivity index (χ2v) is 6.23. The highest BCUT2D eigenvalue weighted by molar-refractivity contribution is 6.04. The van der Waals surface area contributed by atoms with Crippen molar-refractivity contribution in [2.75, 3.05) is 5.32 Å². The van der Waals surface area contributed by atoms with Crippen molar-refractivity contribution in [2.24, 2.45) is 0 Å². The highest BCUT2D eigenvalue weighted by Gasteiger charge is 2.19. The van der Waals surface area contributed by atoms with Gasteiger partial charge in [0.25, 0.3) is 5.91 Å². The number of hydrogen-bond acceptors (Lipinski definition) is 2. The average Bonchev–Trinajstić information content (AvgIpc) is 2.96. The Hall–Kier alpha value is -2.10. The molecule has 3 rings (SSSR count). The Morgan fingerprint density at radius 1 is 1.18 bits per heavy atom. The molecule has 2 aromatic rings. The molecule has 0 unspecified atom stereocenters. The first-order valence-electron chi connectivity index (χ1n) is 8.07. The van der Waals surface area contributed by atoms with Crippen LogP contribution in [-0.4, -0.2) is 15.7 Å². The maximum absolute atomic E-state index is 12.5. The number of nitrogens with one attached hydrogen (secondary N) is 1. The quantitative estimate of drug-likeness (QED) is 0.920. The van der Waals surface area contributed by atoms with Gasteiger partial charge in [0.05, 0.1) is 12.2 Å². The lowest BCUT2D eigenvalue weighted by molar-refractivity contribution is 0.102. The summed E-state index contributed by atoms with van der Waals surface area (Å²) in [6.07, 6.45) is 7.86. The van der Waals surface area contributed by atoms with Gasteiger partial charge < -0.3 is 5.32 Å². The Morgan fingerprint density at radius 3 is 2.68 bits per heavy atom. The molecule has 1 fully saturated rings. The molecule has 0 spiro atoms. The van der Waals surface area contributed by atoms with Crippen LogP contribution in [0, 0.1) is 13.8 Å². The lowest BCUT2D eigenvalue weighted by Crippen LogP contribution is -2.20. The topological polar surface area (TPSA) is 46.9 Å². The van der Waals surface area contributed by atoms with Crippen LogP contribution in [0.25, 0.3) is 0 Å². The number of carbonyl (C=O) groups is 1. The highest BCUT2D eigenvalue weighted by Crippen LogP contribution is 2.30. The number of aryl methyl sites for hydroxylation is 2. The molecule has 4 heteroatoms. The molecular weight excluding hydrogens is 274 g/mol. The van der Waals surface area contributed by atoms with Crippen LogP contribution in [0.5, 0.6) is 0 Å². The lowest BCUT2D eigenvalue weighted by Gasteiger charge is -2.24. The van der Waals surface area contributed by atoms with Crippen LogP contribution in [0.15, 0.2) is 30.5 Å². The zero-order valence-corrected chi connectivity index (χ0v) is 13.3. The third-order valence-corrected chi connectivity index (χ3v) is 4.46. The van der Waals surface area contributed by atoms with E-state index in [9.17, 15) is 4.79 Å². The molecule has 4 nitrogen and oxygen atoms in total. The van der Waals surface area contributed by atoms with Gasteiger partial charge in [-0.15, -0.1) is 0 Å². The molecular formula is C18H23N3O. The average molecular weight is 297 g/mol. The van der Waals surface area contributed by atoms with E-state index in [2.05, 4.69) is 10.4 Å². The van der Waals surface area contributed by atoms with Gasteiger partial charge >= 0.3 is 0 Å². The van der Waals surface area contributed by atoms with Crippen LogP contribution in [0.1, 0.15) is 59.6 Å². The Bertz CT molecular complexity index is 669. The van der Waals surface area contributed by atoms with E-state index in [-0.39, 0.29) is 5.91 Å². The van der Waals surface area contributed by atoms with Crippen molar-refractivity contribution in [3.8, 4) is 0 Å². The van der Waals surface area contributed by atoms with Crippen molar-refractivity contribution >= 4 is 11.7 Å². The molecule has 22 heavy (non-hydrogen) atoms. The maximum Gasteiger partial charge on any atom is 0.257 e. The van der Waals surface area contributed by atoms with Crippen molar-refractivity contribution in [2.45, 2.75) is 52.0 Å². The van der Waals surface area contributed by atoms with Crippen LogP contribution in [0.4, 0.5) is 5.82 Å². The second kappa shape index (κ2) is 6.34. The summed E-state index contributed by atoms with van der Waals surface area (Å²) in [7, 11) is 0. The molecule has 0 atom stereocenters. The molecule has 1 N–H and O–H groups in total. The first-order chi connectivity index (χ1) is 10.6. The monoisotopic (exact) mass is 297 g/mol. The van der Waals surface area contributed by atoms with Gasteiger partial charge in [-0.3, -0.25) is 4.79 Å². The minimum absolute atomic E-state index is 0.0601. The minimum Gasteiger partial charge on any atom is -0.307 e. The molecule has 0 saturated heterocycles. The molecule has 0 radical (unpaired) electrons. The summed E-state index contributed by atoms with van der Waals surface area (Å²) < 4.78 is 1.99. The van der Waals surface area contributed by atoms with E-state index in [1.54, 1.807) is 6.20 Å². The predicted molar refractivity (Wildman–Crippen MR) is 88.2 cm³/mol. The molecule has 1 heterocycles. The first kappa shape index (κ1) is 14.8. The van der Waals surface area contributed by atoms with Crippen molar-refractivity contribution in [3.05, 3.63) is 47.2 Å². The first-order valence-corrected chi connectivity index (χ1v) is 8.07. The standard InChI is InChI=1S/C18H23N3O/c1-13-8-9-16(14(2)12-13)18(22)20-17-10-11-19-21(17)15-6-4-3-5-7-15/h8-12,15H,3-7H2,1-2H3,(H,20,22). The Balaban J connectivity index is 1.78. The molecule has 1 aliphatic rings. The fraction of sp³-hybridized carbons (Fsp3) is 0.444. The molecule has 1 aliphatic carbocycles. The number of benzene rings is 1. The fourth-order valence-corrected chi connectivity index (χ4v) is 3.28. The van der Waals surface area contributed by atoms with Crippen LogP contribution >= 0.6 is 0 Å². The number of amides is 1. The Kier molecular flexibility index (Phi) is 4.27. The molecule has 1 amide bonds. The number of anilines is 1. The van der Waals surface area contributed by atoms with Gasteiger partial charge in [0.15, 0.2) is 0 Å². The van der Waals surface area contributed by atoms with Crippen LogP contribution in [0.2, 0.25) is 0 Å². The van der Waals surface area contributed by atoms with E-state index >= 15 is 0 Å². The largest absolute Gasteiger partial charge is 0.307 e. The predicted octanol–water partition coefficient (Wildman–Crippen LogP) is 4.26. The van der Waals surface area contributed by atoms with E-state index in [0.717, 1.165) is 29.8 Å². The molecule has 1 saturated carbocycles. The van der Waals surface area contributed by atoms with E-state index in [1.807, 2.05) is 42.8 Å². The number of aromatic nitrogens is 2. The number of hydrogen-bond donors (Lipinski definition) is 1. The third-order valence-electron chi connectivity index (χ3n) is 4.46. The van der Waals surface area contributed by atoms with Gasteiger partial charge in [0.2, 0.25) is 0 Å². The highest BCUT2D eigenvalue weighted by atomic mass is 16.1. The number of nitrogens with zero attached hydrogens (tertiary/aromatic N) is 2. The third kappa shape index (κ3) is 3.06. The summed E-state index contributed by atoms with van der Waals surface area (Å²) in [6.45, 7) is 4.01. The van der Waals surface area contributed by atoms with E-state index in [1.165, 1.54) is 24.8 Å². The van der Waals surface area contributed by atoms with Crippen molar-refractivity contribution < 1.29 is 4.79 Å². The zero-order chi connectivity index (χ0) is 15.5.